The minimum absolute atomic E-state index is 0.111. The standard InChI is InChI=1S/C28H38N2O4/c1-25(2,3)16-12-27(7,8)14-28(9,13-16)15-29-21(31)17-10-19-20(11-18(17)22(29)32)24(34)30(23(19)33)26(4,5)6/h10-11,16H,12-15H2,1-9H3. The van der Waals surface area contributed by atoms with Gasteiger partial charge in [-0.25, -0.2) is 0 Å². The lowest BCUT2D eigenvalue weighted by molar-refractivity contribution is -0.00369. The lowest BCUT2D eigenvalue weighted by atomic mass is 9.56. The molecule has 1 fully saturated rings. The van der Waals surface area contributed by atoms with Gasteiger partial charge >= 0.3 is 0 Å². The van der Waals surface area contributed by atoms with Gasteiger partial charge in [0.15, 0.2) is 0 Å². The number of rotatable bonds is 2. The first-order valence-corrected chi connectivity index (χ1v) is 12.3. The quantitative estimate of drug-likeness (QED) is 0.555. The summed E-state index contributed by atoms with van der Waals surface area (Å²) in [5, 5.41) is 0.873. The fourth-order valence-electron chi connectivity index (χ4n) is 6.52. The largest absolute Gasteiger partial charge is 0.274 e. The number of hydrogen-bond donors (Lipinski definition) is 0. The smallest absolute Gasteiger partial charge is 0.262 e. The highest BCUT2D eigenvalue weighted by Gasteiger charge is 2.45. The highest BCUT2D eigenvalue weighted by molar-refractivity contribution is 5.97. The number of nitrogens with zero attached hydrogens (tertiary/aromatic N) is 2. The van der Waals surface area contributed by atoms with E-state index in [1.54, 1.807) is 20.8 Å². The van der Waals surface area contributed by atoms with E-state index in [9.17, 15) is 19.2 Å². The molecular formula is C28H38N2O4. The summed E-state index contributed by atoms with van der Waals surface area (Å²) in [4.78, 5) is 52.8. The Bertz CT molecular complexity index is 1420. The molecule has 2 heterocycles. The van der Waals surface area contributed by atoms with Crippen molar-refractivity contribution in [1.29, 1.82) is 0 Å². The van der Waals surface area contributed by atoms with Gasteiger partial charge in [-0.1, -0.05) is 41.5 Å². The van der Waals surface area contributed by atoms with Crippen LogP contribution in [0, 0.1) is 22.2 Å². The fraction of sp³-hybridized carbons (Fsp3) is 0.643. The molecule has 1 aliphatic carbocycles. The van der Waals surface area contributed by atoms with E-state index in [1.807, 2.05) is 0 Å². The first-order chi connectivity index (χ1) is 15.3. The van der Waals surface area contributed by atoms with E-state index in [-0.39, 0.29) is 48.9 Å². The summed E-state index contributed by atoms with van der Waals surface area (Å²) in [6.07, 6.45) is 2.99. The second-order valence-corrected chi connectivity index (χ2v) is 13.9. The lowest BCUT2D eigenvalue weighted by Crippen LogP contribution is -2.44. The molecule has 0 aliphatic heterocycles. The Kier molecular flexibility index (Phi) is 5.25. The minimum Gasteiger partial charge on any atom is -0.274 e. The van der Waals surface area contributed by atoms with E-state index in [4.69, 9.17) is 0 Å². The van der Waals surface area contributed by atoms with Crippen molar-refractivity contribution < 1.29 is 0 Å². The summed E-state index contributed by atoms with van der Waals surface area (Å²) in [6.45, 7) is 19.2. The molecule has 0 N–H and O–H groups in total. The lowest BCUT2D eigenvalue weighted by Gasteiger charge is -2.50. The molecule has 0 radical (unpaired) electrons. The molecule has 0 spiro atoms. The first kappa shape index (κ1) is 24.6. The van der Waals surface area contributed by atoms with Crippen LogP contribution in [-0.4, -0.2) is 9.13 Å². The molecule has 0 amide bonds. The van der Waals surface area contributed by atoms with E-state index in [2.05, 4.69) is 41.5 Å². The molecule has 0 saturated heterocycles. The zero-order chi connectivity index (χ0) is 25.6. The van der Waals surface area contributed by atoms with Crippen molar-refractivity contribution in [3.8, 4) is 0 Å². The van der Waals surface area contributed by atoms with E-state index < -0.39 is 16.7 Å². The monoisotopic (exact) mass is 466 g/mol. The molecule has 1 aliphatic rings. The molecule has 2 atom stereocenters. The van der Waals surface area contributed by atoms with Crippen molar-refractivity contribution >= 4 is 21.5 Å². The Morgan fingerprint density at radius 2 is 1.21 bits per heavy atom. The van der Waals surface area contributed by atoms with Crippen LogP contribution in [0.1, 0.15) is 81.6 Å². The third kappa shape index (κ3) is 3.89. The van der Waals surface area contributed by atoms with Crippen LogP contribution in [0.4, 0.5) is 0 Å². The van der Waals surface area contributed by atoms with Crippen molar-refractivity contribution in [2.24, 2.45) is 22.2 Å². The average Bonchev–Trinajstić information content (AvgIpc) is 3.03. The van der Waals surface area contributed by atoms with E-state index >= 15 is 0 Å². The molecule has 0 bridgehead atoms. The third-order valence-electron chi connectivity index (χ3n) is 7.85. The molecule has 2 aromatic heterocycles. The van der Waals surface area contributed by atoms with Gasteiger partial charge in [0.25, 0.3) is 22.2 Å². The van der Waals surface area contributed by atoms with Crippen LogP contribution in [0.2, 0.25) is 0 Å². The van der Waals surface area contributed by atoms with Gasteiger partial charge in [-0.2, -0.15) is 0 Å². The number of hydrogen-bond acceptors (Lipinski definition) is 4. The van der Waals surface area contributed by atoms with E-state index in [0.29, 0.717) is 12.5 Å². The van der Waals surface area contributed by atoms with Crippen LogP contribution in [0.15, 0.2) is 31.3 Å². The molecule has 6 nitrogen and oxygen atoms in total. The van der Waals surface area contributed by atoms with Crippen LogP contribution in [0.25, 0.3) is 21.5 Å². The molecule has 1 saturated carbocycles. The Morgan fingerprint density at radius 3 is 1.62 bits per heavy atom. The molecule has 1 aromatic carbocycles. The SMILES string of the molecule is CC1(C)CC(C(C)(C)C)CC(C)(Cn2c(=O)c3cc4c(=O)n(C(C)(C)C)c(=O)c4cc3c2=O)C1. The summed E-state index contributed by atoms with van der Waals surface area (Å²) in [7, 11) is 0. The Labute approximate surface area is 200 Å². The molecule has 2 unspecified atom stereocenters. The normalized spacial score (nSPS) is 23.7. The molecular weight excluding hydrogens is 428 g/mol. The van der Waals surface area contributed by atoms with E-state index in [1.165, 1.54) is 21.3 Å². The van der Waals surface area contributed by atoms with Gasteiger partial charge in [0, 0.05) is 12.1 Å². The predicted molar refractivity (Wildman–Crippen MR) is 139 cm³/mol. The number of benzene rings is 1. The van der Waals surface area contributed by atoms with Crippen LogP contribution < -0.4 is 22.2 Å². The van der Waals surface area contributed by atoms with Gasteiger partial charge in [-0.05, 0) is 74.3 Å². The van der Waals surface area contributed by atoms with Gasteiger partial charge in [-0.15, -0.1) is 0 Å². The summed E-state index contributed by atoms with van der Waals surface area (Å²) in [5.74, 6) is 0.485. The van der Waals surface area contributed by atoms with Gasteiger partial charge in [0.2, 0.25) is 0 Å². The van der Waals surface area contributed by atoms with Crippen molar-refractivity contribution in [1.82, 2.24) is 9.13 Å². The number of aromatic nitrogens is 2. The molecule has 4 rings (SSSR count). The maximum atomic E-state index is 13.4. The second kappa shape index (κ2) is 7.25. The van der Waals surface area contributed by atoms with Crippen LogP contribution in [-0.2, 0) is 12.1 Å². The van der Waals surface area contributed by atoms with Crippen molar-refractivity contribution in [3.05, 3.63) is 53.5 Å². The predicted octanol–water partition coefficient (Wildman–Crippen LogP) is 4.55. The first-order valence-electron chi connectivity index (χ1n) is 12.3. The summed E-state index contributed by atoms with van der Waals surface area (Å²) in [5.41, 5.74) is -2.20. The van der Waals surface area contributed by atoms with Gasteiger partial charge in [0.1, 0.15) is 0 Å². The van der Waals surface area contributed by atoms with Crippen LogP contribution in [0.3, 0.4) is 0 Å². The maximum Gasteiger partial charge on any atom is 0.262 e. The number of fused-ring (bicyclic) bond motifs is 2. The Morgan fingerprint density at radius 1 is 0.765 bits per heavy atom. The Hall–Kier alpha value is -2.50. The zero-order valence-electron chi connectivity index (χ0n) is 22.1. The van der Waals surface area contributed by atoms with Gasteiger partial charge < -0.3 is 0 Å². The van der Waals surface area contributed by atoms with Crippen molar-refractivity contribution in [2.75, 3.05) is 0 Å². The molecule has 3 aromatic rings. The van der Waals surface area contributed by atoms with Crippen molar-refractivity contribution in [3.63, 3.8) is 0 Å². The topological polar surface area (TPSA) is 78.1 Å². The summed E-state index contributed by atoms with van der Waals surface area (Å²) >= 11 is 0. The van der Waals surface area contributed by atoms with E-state index in [0.717, 1.165) is 19.3 Å². The fourth-order valence-corrected chi connectivity index (χ4v) is 6.52. The molecule has 184 valence electrons. The third-order valence-corrected chi connectivity index (χ3v) is 7.85. The summed E-state index contributed by atoms with van der Waals surface area (Å²) < 4.78 is 2.55. The van der Waals surface area contributed by atoms with Gasteiger partial charge in [-0.3, -0.25) is 28.3 Å². The molecule has 34 heavy (non-hydrogen) atoms. The summed E-state index contributed by atoms with van der Waals surface area (Å²) in [6, 6.07) is 2.92. The van der Waals surface area contributed by atoms with Crippen LogP contribution in [0.5, 0.6) is 0 Å². The highest BCUT2D eigenvalue weighted by atomic mass is 16.2. The average molecular weight is 467 g/mol. The Balaban J connectivity index is 1.87. The second-order valence-electron chi connectivity index (χ2n) is 13.9. The van der Waals surface area contributed by atoms with Crippen LogP contribution >= 0.6 is 0 Å². The highest BCUT2D eigenvalue weighted by Crippen LogP contribution is 2.53. The minimum atomic E-state index is -0.691. The maximum absolute atomic E-state index is 13.4. The zero-order valence-corrected chi connectivity index (χ0v) is 22.1. The van der Waals surface area contributed by atoms with Crippen molar-refractivity contribution in [2.45, 2.75) is 93.7 Å². The van der Waals surface area contributed by atoms with Gasteiger partial charge in [0.05, 0.1) is 21.5 Å². The molecule has 6 heteroatoms.